The molecule has 25 heavy (non-hydrogen) atoms. The van der Waals surface area contributed by atoms with Crippen molar-refractivity contribution < 1.29 is 9.72 Å². The van der Waals surface area contributed by atoms with E-state index in [4.69, 9.17) is 5.41 Å². The van der Waals surface area contributed by atoms with Gasteiger partial charge in [0.15, 0.2) is 5.78 Å². The van der Waals surface area contributed by atoms with Crippen molar-refractivity contribution in [2.45, 2.75) is 20.0 Å². The van der Waals surface area contributed by atoms with Crippen molar-refractivity contribution in [1.82, 2.24) is 9.13 Å². The van der Waals surface area contributed by atoms with Gasteiger partial charge in [0.05, 0.1) is 22.5 Å². The van der Waals surface area contributed by atoms with Crippen LogP contribution in [0.2, 0.25) is 0 Å². The third-order valence-corrected chi connectivity index (χ3v) is 3.97. The monoisotopic (exact) mass is 404 g/mol. The van der Waals surface area contributed by atoms with Crippen LogP contribution in [0.15, 0.2) is 48.5 Å². The summed E-state index contributed by atoms with van der Waals surface area (Å²) in [5, 5.41) is 19.2. The topological polar surface area (TPSA) is 93.9 Å². The van der Waals surface area contributed by atoms with Gasteiger partial charge in [-0.25, -0.2) is 0 Å². The van der Waals surface area contributed by atoms with Crippen LogP contribution in [0.3, 0.4) is 0 Å². The highest BCUT2D eigenvalue weighted by Crippen LogP contribution is 2.16. The van der Waals surface area contributed by atoms with E-state index in [2.05, 4.69) is 0 Å². The van der Waals surface area contributed by atoms with Gasteiger partial charge in [-0.15, -0.1) is 17.0 Å². The number of non-ortho nitro benzene ring substituents is 1. The number of aromatic nitrogens is 2. The van der Waals surface area contributed by atoms with Gasteiger partial charge in [0.2, 0.25) is 5.62 Å². The number of ketones is 1. The molecule has 0 radical (unpaired) electrons. The van der Waals surface area contributed by atoms with E-state index in [-0.39, 0.29) is 46.2 Å². The predicted molar refractivity (Wildman–Crippen MR) is 99.2 cm³/mol. The summed E-state index contributed by atoms with van der Waals surface area (Å²) >= 11 is 0. The summed E-state index contributed by atoms with van der Waals surface area (Å²) in [4.78, 5) is 22.9. The van der Waals surface area contributed by atoms with Gasteiger partial charge < -0.3 is 9.13 Å². The van der Waals surface area contributed by atoms with Crippen LogP contribution in [-0.2, 0) is 13.1 Å². The van der Waals surface area contributed by atoms with Crippen LogP contribution in [0.1, 0.15) is 17.3 Å². The van der Waals surface area contributed by atoms with Crippen LogP contribution in [0.4, 0.5) is 5.69 Å². The highest BCUT2D eigenvalue weighted by Gasteiger charge is 2.15. The lowest BCUT2D eigenvalue weighted by molar-refractivity contribution is -0.384. The average molecular weight is 405 g/mol. The third kappa shape index (κ3) is 3.39. The minimum absolute atomic E-state index is 0. The van der Waals surface area contributed by atoms with Crippen molar-refractivity contribution >= 4 is 39.5 Å². The standard InChI is InChI=1S/C17H16N4O3.BrH/c1-2-19-14-8-3-4-9-15(14)20(17(19)18)11-16(22)12-6-5-7-13(10-12)21(23)24;/h3-10,18H,2,11H2,1H3;1H. The molecule has 7 nitrogen and oxygen atoms in total. The number of hydrogen-bond donors (Lipinski definition) is 1. The Bertz CT molecular complexity index is 1010. The van der Waals surface area contributed by atoms with Gasteiger partial charge in [-0.1, -0.05) is 24.3 Å². The third-order valence-electron chi connectivity index (χ3n) is 3.97. The summed E-state index contributed by atoms with van der Waals surface area (Å²) in [5.74, 6) is -0.267. The number of aryl methyl sites for hydroxylation is 1. The predicted octanol–water partition coefficient (Wildman–Crippen LogP) is 3.31. The molecule has 0 atom stereocenters. The number of carbonyl (C=O) groups is 1. The van der Waals surface area contributed by atoms with Gasteiger partial charge in [0.25, 0.3) is 5.69 Å². The number of para-hydroxylation sites is 2. The minimum atomic E-state index is -0.525. The molecule has 2 aromatic carbocycles. The second-order valence-electron chi connectivity index (χ2n) is 5.37. The summed E-state index contributed by atoms with van der Waals surface area (Å²) in [6, 6.07) is 13.2. The molecule has 0 amide bonds. The van der Waals surface area contributed by atoms with Crippen LogP contribution in [0.25, 0.3) is 11.0 Å². The normalized spacial score (nSPS) is 10.4. The zero-order valence-corrected chi connectivity index (χ0v) is 15.2. The molecule has 1 heterocycles. The molecule has 0 bridgehead atoms. The highest BCUT2D eigenvalue weighted by atomic mass is 79.9. The summed E-state index contributed by atoms with van der Waals surface area (Å²) in [5.41, 5.74) is 2.06. The Balaban J connectivity index is 0.00000225. The number of imidazole rings is 1. The van der Waals surface area contributed by atoms with E-state index >= 15 is 0 Å². The molecule has 1 N–H and O–H groups in total. The summed E-state index contributed by atoms with van der Waals surface area (Å²) in [6.07, 6.45) is 0. The number of rotatable bonds is 5. The number of benzene rings is 2. The molecular formula is C17H17BrN4O3. The van der Waals surface area contributed by atoms with Crippen molar-refractivity contribution in [1.29, 1.82) is 5.41 Å². The number of hydrogen-bond acceptors (Lipinski definition) is 4. The summed E-state index contributed by atoms with van der Waals surface area (Å²) < 4.78 is 3.44. The number of Topliss-reactive ketones (excluding diaryl/α,β-unsaturated/α-hetero) is 1. The number of nitrogens with one attached hydrogen (secondary N) is 1. The van der Waals surface area contributed by atoms with E-state index in [9.17, 15) is 14.9 Å². The van der Waals surface area contributed by atoms with E-state index in [1.165, 1.54) is 18.2 Å². The Labute approximate surface area is 153 Å². The van der Waals surface area contributed by atoms with E-state index in [1.54, 1.807) is 10.6 Å². The van der Waals surface area contributed by atoms with Crippen molar-refractivity contribution in [2.75, 3.05) is 0 Å². The van der Waals surface area contributed by atoms with Gasteiger partial charge in [0, 0.05) is 24.2 Å². The van der Waals surface area contributed by atoms with Crippen LogP contribution in [0.5, 0.6) is 0 Å². The number of nitro benzene ring substituents is 1. The fourth-order valence-electron chi connectivity index (χ4n) is 2.80. The number of nitrogens with zero attached hydrogens (tertiary/aromatic N) is 3. The van der Waals surface area contributed by atoms with E-state index < -0.39 is 4.92 Å². The SMILES string of the molecule is Br.CCn1c(=N)n(CC(=O)c2cccc([N+](=O)[O-])c2)c2ccccc21. The molecule has 0 saturated carbocycles. The van der Waals surface area contributed by atoms with Crippen molar-refractivity contribution in [2.24, 2.45) is 0 Å². The van der Waals surface area contributed by atoms with Gasteiger partial charge >= 0.3 is 0 Å². The summed E-state index contributed by atoms with van der Waals surface area (Å²) in [6.45, 7) is 2.53. The molecule has 130 valence electrons. The molecule has 3 aromatic rings. The van der Waals surface area contributed by atoms with Crippen LogP contribution in [0, 0.1) is 15.5 Å². The second-order valence-corrected chi connectivity index (χ2v) is 5.37. The molecule has 0 saturated heterocycles. The molecule has 0 spiro atoms. The second kappa shape index (κ2) is 7.43. The Morgan fingerprint density at radius 2 is 1.76 bits per heavy atom. The van der Waals surface area contributed by atoms with Gasteiger partial charge in [0.1, 0.15) is 0 Å². The molecule has 0 aliphatic carbocycles. The Hall–Kier alpha value is -2.74. The quantitative estimate of drug-likeness (QED) is 0.401. The minimum Gasteiger partial charge on any atom is -0.311 e. The van der Waals surface area contributed by atoms with E-state index in [0.29, 0.717) is 6.54 Å². The molecule has 0 aliphatic heterocycles. The van der Waals surface area contributed by atoms with Crippen LogP contribution >= 0.6 is 17.0 Å². The Morgan fingerprint density at radius 1 is 1.12 bits per heavy atom. The fourth-order valence-corrected chi connectivity index (χ4v) is 2.80. The first-order valence-corrected chi connectivity index (χ1v) is 7.53. The maximum Gasteiger partial charge on any atom is 0.270 e. The van der Waals surface area contributed by atoms with E-state index in [0.717, 1.165) is 11.0 Å². The summed E-state index contributed by atoms with van der Waals surface area (Å²) in [7, 11) is 0. The number of halogens is 1. The maximum atomic E-state index is 12.5. The lowest BCUT2D eigenvalue weighted by Crippen LogP contribution is -2.27. The average Bonchev–Trinajstić information content (AvgIpc) is 2.86. The van der Waals surface area contributed by atoms with Gasteiger partial charge in [-0.2, -0.15) is 0 Å². The largest absolute Gasteiger partial charge is 0.311 e. The zero-order valence-electron chi connectivity index (χ0n) is 13.5. The first-order valence-electron chi connectivity index (χ1n) is 7.53. The zero-order chi connectivity index (χ0) is 17.3. The molecule has 0 unspecified atom stereocenters. The van der Waals surface area contributed by atoms with Crippen LogP contribution < -0.4 is 5.62 Å². The first kappa shape index (κ1) is 18.6. The molecule has 0 aliphatic rings. The highest BCUT2D eigenvalue weighted by molar-refractivity contribution is 8.93. The smallest absolute Gasteiger partial charge is 0.270 e. The Kier molecular flexibility index (Phi) is 5.53. The molecule has 8 heteroatoms. The van der Waals surface area contributed by atoms with Gasteiger partial charge in [-0.3, -0.25) is 20.3 Å². The lowest BCUT2D eigenvalue weighted by Gasteiger charge is -2.04. The molecule has 0 fully saturated rings. The Morgan fingerprint density at radius 3 is 2.36 bits per heavy atom. The first-order chi connectivity index (χ1) is 11.5. The van der Waals surface area contributed by atoms with Crippen molar-refractivity contribution in [3.63, 3.8) is 0 Å². The van der Waals surface area contributed by atoms with Crippen molar-refractivity contribution in [3.05, 3.63) is 69.8 Å². The van der Waals surface area contributed by atoms with E-state index in [1.807, 2.05) is 35.8 Å². The van der Waals surface area contributed by atoms with Gasteiger partial charge in [-0.05, 0) is 19.1 Å². The number of carbonyl (C=O) groups excluding carboxylic acids is 1. The number of fused-ring (bicyclic) bond motifs is 1. The number of nitro groups is 1. The molecule has 3 rings (SSSR count). The maximum absolute atomic E-state index is 12.5. The molecule has 1 aromatic heterocycles. The lowest BCUT2D eigenvalue weighted by atomic mass is 10.1. The molecular weight excluding hydrogens is 388 g/mol. The fraction of sp³-hybridized carbons (Fsp3) is 0.176. The van der Waals surface area contributed by atoms with Crippen molar-refractivity contribution in [3.8, 4) is 0 Å². The van der Waals surface area contributed by atoms with Crippen LogP contribution in [-0.4, -0.2) is 19.8 Å².